The van der Waals surface area contributed by atoms with Gasteiger partial charge in [0.25, 0.3) is 0 Å². The second kappa shape index (κ2) is 10.8. The van der Waals surface area contributed by atoms with Crippen LogP contribution in [0.5, 0.6) is 5.75 Å². The molecular formula is C27H36N2O2. The van der Waals surface area contributed by atoms with Gasteiger partial charge in [0.1, 0.15) is 12.4 Å². The van der Waals surface area contributed by atoms with Gasteiger partial charge in [-0.1, -0.05) is 62.4 Å². The molecule has 1 saturated heterocycles. The molecule has 0 radical (unpaired) electrons. The van der Waals surface area contributed by atoms with E-state index in [1.807, 2.05) is 42.5 Å². The lowest BCUT2D eigenvalue weighted by molar-refractivity contribution is -0.122. The SMILES string of the molecule is O=C(Nc1ccc(OCCN2CCCCCC2)cc1)C1(c2ccccc2)CCCCC1. The third kappa shape index (κ3) is 5.68. The smallest absolute Gasteiger partial charge is 0.235 e. The normalized spacial score (nSPS) is 19.4. The van der Waals surface area contributed by atoms with Crippen molar-refractivity contribution in [2.24, 2.45) is 0 Å². The molecule has 0 bridgehead atoms. The standard InChI is InChI=1S/C27H36N2O2/c30-26(27(17-7-4-8-18-27)23-11-5-3-6-12-23)28-24-13-15-25(16-14-24)31-22-21-29-19-9-1-2-10-20-29/h3,5-6,11-16H,1-2,4,7-10,17-22H2,(H,28,30). The van der Waals surface area contributed by atoms with E-state index < -0.39 is 5.41 Å². The highest BCUT2D eigenvalue weighted by Gasteiger charge is 2.40. The van der Waals surface area contributed by atoms with Crippen molar-refractivity contribution in [1.82, 2.24) is 4.90 Å². The molecule has 4 heteroatoms. The molecule has 2 aromatic carbocycles. The van der Waals surface area contributed by atoms with Gasteiger partial charge in [-0.25, -0.2) is 0 Å². The average Bonchev–Trinajstić information content (AvgIpc) is 3.10. The topological polar surface area (TPSA) is 41.6 Å². The molecule has 1 heterocycles. The molecule has 0 atom stereocenters. The number of benzene rings is 2. The van der Waals surface area contributed by atoms with Gasteiger partial charge < -0.3 is 10.1 Å². The number of anilines is 1. The van der Waals surface area contributed by atoms with Gasteiger partial charge in [0.2, 0.25) is 5.91 Å². The first-order valence-corrected chi connectivity index (χ1v) is 12.1. The van der Waals surface area contributed by atoms with Crippen LogP contribution in [0.15, 0.2) is 54.6 Å². The van der Waals surface area contributed by atoms with Crippen LogP contribution in [-0.4, -0.2) is 37.0 Å². The summed E-state index contributed by atoms with van der Waals surface area (Å²) in [6, 6.07) is 18.2. The third-order valence-corrected chi connectivity index (χ3v) is 6.96. The molecule has 1 saturated carbocycles. The molecule has 4 rings (SSSR count). The molecule has 1 amide bonds. The van der Waals surface area contributed by atoms with Crippen LogP contribution in [0.25, 0.3) is 0 Å². The predicted octanol–water partition coefficient (Wildman–Crippen LogP) is 5.78. The Morgan fingerprint density at radius 3 is 2.16 bits per heavy atom. The number of amides is 1. The van der Waals surface area contributed by atoms with E-state index in [1.54, 1.807) is 0 Å². The zero-order valence-electron chi connectivity index (χ0n) is 18.7. The van der Waals surface area contributed by atoms with E-state index in [-0.39, 0.29) is 5.91 Å². The van der Waals surface area contributed by atoms with Gasteiger partial charge in [0, 0.05) is 12.2 Å². The Morgan fingerprint density at radius 2 is 1.48 bits per heavy atom. The number of hydrogen-bond donors (Lipinski definition) is 1. The minimum atomic E-state index is -0.415. The van der Waals surface area contributed by atoms with Crippen molar-refractivity contribution >= 4 is 11.6 Å². The quantitative estimate of drug-likeness (QED) is 0.617. The summed E-state index contributed by atoms with van der Waals surface area (Å²) in [5.41, 5.74) is 1.56. The van der Waals surface area contributed by atoms with Crippen molar-refractivity contribution in [3.8, 4) is 5.75 Å². The van der Waals surface area contributed by atoms with Crippen LogP contribution in [0, 0.1) is 0 Å². The highest BCUT2D eigenvalue weighted by atomic mass is 16.5. The summed E-state index contributed by atoms with van der Waals surface area (Å²) >= 11 is 0. The zero-order chi connectivity index (χ0) is 21.4. The average molecular weight is 421 g/mol. The summed E-state index contributed by atoms with van der Waals surface area (Å²) in [4.78, 5) is 15.9. The van der Waals surface area contributed by atoms with Crippen LogP contribution < -0.4 is 10.1 Å². The molecule has 31 heavy (non-hydrogen) atoms. The monoisotopic (exact) mass is 420 g/mol. The lowest BCUT2D eigenvalue weighted by Crippen LogP contribution is -2.42. The second-order valence-electron chi connectivity index (χ2n) is 9.09. The second-order valence-corrected chi connectivity index (χ2v) is 9.09. The fourth-order valence-electron chi connectivity index (χ4n) is 5.10. The van der Waals surface area contributed by atoms with Gasteiger partial charge in [-0.15, -0.1) is 0 Å². The molecular weight excluding hydrogens is 384 g/mol. The number of rotatable bonds is 7. The van der Waals surface area contributed by atoms with Crippen molar-refractivity contribution < 1.29 is 9.53 Å². The first-order chi connectivity index (χ1) is 15.3. The third-order valence-electron chi connectivity index (χ3n) is 6.96. The van der Waals surface area contributed by atoms with Crippen LogP contribution in [0.3, 0.4) is 0 Å². The number of carbonyl (C=O) groups excluding carboxylic acids is 1. The largest absolute Gasteiger partial charge is 0.492 e. The fourth-order valence-corrected chi connectivity index (χ4v) is 5.10. The van der Waals surface area contributed by atoms with Crippen LogP contribution >= 0.6 is 0 Å². The predicted molar refractivity (Wildman–Crippen MR) is 127 cm³/mol. The van der Waals surface area contributed by atoms with Gasteiger partial charge in [0.15, 0.2) is 0 Å². The van der Waals surface area contributed by atoms with E-state index >= 15 is 0 Å². The Morgan fingerprint density at radius 1 is 0.839 bits per heavy atom. The lowest BCUT2D eigenvalue weighted by Gasteiger charge is -2.36. The molecule has 166 valence electrons. The molecule has 0 unspecified atom stereocenters. The number of nitrogens with zero attached hydrogens (tertiary/aromatic N) is 1. The van der Waals surface area contributed by atoms with E-state index in [9.17, 15) is 4.79 Å². The van der Waals surface area contributed by atoms with E-state index in [4.69, 9.17) is 4.74 Å². The van der Waals surface area contributed by atoms with E-state index in [1.165, 1.54) is 45.2 Å². The summed E-state index contributed by atoms with van der Waals surface area (Å²) in [7, 11) is 0. The van der Waals surface area contributed by atoms with E-state index in [0.717, 1.165) is 49.2 Å². The van der Waals surface area contributed by atoms with Gasteiger partial charge in [-0.2, -0.15) is 0 Å². The summed E-state index contributed by atoms with van der Waals surface area (Å²) in [5.74, 6) is 0.983. The van der Waals surface area contributed by atoms with Crippen molar-refractivity contribution in [1.29, 1.82) is 0 Å². The van der Waals surface area contributed by atoms with Crippen molar-refractivity contribution in [2.45, 2.75) is 63.2 Å². The maximum atomic E-state index is 13.4. The number of nitrogens with one attached hydrogen (secondary N) is 1. The van der Waals surface area contributed by atoms with E-state index in [2.05, 4.69) is 22.3 Å². The van der Waals surface area contributed by atoms with Gasteiger partial charge >= 0.3 is 0 Å². The first-order valence-electron chi connectivity index (χ1n) is 12.1. The van der Waals surface area contributed by atoms with Gasteiger partial charge in [-0.3, -0.25) is 9.69 Å². The molecule has 1 aliphatic heterocycles. The van der Waals surface area contributed by atoms with Crippen LogP contribution in [0.1, 0.15) is 63.4 Å². The van der Waals surface area contributed by atoms with Crippen molar-refractivity contribution in [3.05, 3.63) is 60.2 Å². The van der Waals surface area contributed by atoms with Crippen LogP contribution in [0.2, 0.25) is 0 Å². The van der Waals surface area contributed by atoms with Gasteiger partial charge in [-0.05, 0) is 68.6 Å². The molecule has 0 spiro atoms. The molecule has 2 aliphatic rings. The molecule has 2 fully saturated rings. The molecule has 0 aromatic heterocycles. The molecule has 1 N–H and O–H groups in total. The molecule has 1 aliphatic carbocycles. The number of carbonyl (C=O) groups is 1. The van der Waals surface area contributed by atoms with Gasteiger partial charge in [0.05, 0.1) is 5.41 Å². The Labute approximate surface area is 187 Å². The number of ether oxygens (including phenoxy) is 1. The maximum absolute atomic E-state index is 13.4. The zero-order valence-corrected chi connectivity index (χ0v) is 18.7. The lowest BCUT2D eigenvalue weighted by atomic mass is 9.68. The summed E-state index contributed by atoms with van der Waals surface area (Å²) < 4.78 is 5.96. The van der Waals surface area contributed by atoms with E-state index in [0.29, 0.717) is 6.61 Å². The minimum Gasteiger partial charge on any atom is -0.492 e. The molecule has 2 aromatic rings. The maximum Gasteiger partial charge on any atom is 0.235 e. The Hall–Kier alpha value is -2.33. The minimum absolute atomic E-state index is 0.119. The van der Waals surface area contributed by atoms with Crippen molar-refractivity contribution in [2.75, 3.05) is 31.6 Å². The number of hydrogen-bond acceptors (Lipinski definition) is 3. The highest BCUT2D eigenvalue weighted by Crippen LogP contribution is 2.40. The first kappa shape index (κ1) is 21.9. The Kier molecular flexibility index (Phi) is 7.63. The Bertz CT molecular complexity index is 805. The number of likely N-dealkylation sites (tertiary alicyclic amines) is 1. The summed E-state index contributed by atoms with van der Waals surface area (Å²) in [6.45, 7) is 4.08. The fraction of sp³-hybridized carbons (Fsp3) is 0.519. The van der Waals surface area contributed by atoms with Crippen LogP contribution in [0.4, 0.5) is 5.69 Å². The molecule has 4 nitrogen and oxygen atoms in total. The summed E-state index contributed by atoms with van der Waals surface area (Å²) in [6.07, 6.45) is 10.6. The van der Waals surface area contributed by atoms with Crippen molar-refractivity contribution in [3.63, 3.8) is 0 Å². The highest BCUT2D eigenvalue weighted by molar-refractivity contribution is 5.99. The van der Waals surface area contributed by atoms with Crippen LogP contribution in [-0.2, 0) is 10.2 Å². The summed E-state index contributed by atoms with van der Waals surface area (Å²) in [5, 5.41) is 3.19. The Balaban J connectivity index is 1.33.